The van der Waals surface area contributed by atoms with Crippen LogP contribution in [-0.2, 0) is 6.42 Å². The third-order valence-corrected chi connectivity index (χ3v) is 6.78. The molecule has 27 heavy (non-hydrogen) atoms. The van der Waals surface area contributed by atoms with Gasteiger partial charge in [-0.15, -0.1) is 22.9 Å². The first kappa shape index (κ1) is 20.3. The van der Waals surface area contributed by atoms with E-state index in [0.717, 1.165) is 29.7 Å². The van der Waals surface area contributed by atoms with Crippen molar-refractivity contribution in [3.63, 3.8) is 0 Å². The Kier molecular flexibility index (Phi) is 6.93. The molecule has 1 aliphatic rings. The Bertz CT molecular complexity index is 823. The second kappa shape index (κ2) is 9.20. The van der Waals surface area contributed by atoms with Crippen LogP contribution in [0.1, 0.15) is 39.4 Å². The Morgan fingerprint density at radius 3 is 2.89 bits per heavy atom. The van der Waals surface area contributed by atoms with Crippen LogP contribution in [0.2, 0.25) is 5.02 Å². The number of hydrogen-bond donors (Lipinski definition) is 2. The van der Waals surface area contributed by atoms with Crippen LogP contribution in [0.4, 0.5) is 0 Å². The quantitative estimate of drug-likeness (QED) is 0.602. The monoisotopic (exact) mass is 425 g/mol. The molecule has 2 aromatic heterocycles. The van der Waals surface area contributed by atoms with Crippen molar-refractivity contribution < 1.29 is 15.0 Å². The third-order valence-electron chi connectivity index (χ3n) is 4.94. The molecule has 0 bridgehead atoms. The van der Waals surface area contributed by atoms with E-state index in [1.54, 1.807) is 18.5 Å². The van der Waals surface area contributed by atoms with Crippen molar-refractivity contribution in [3.8, 4) is 0 Å². The van der Waals surface area contributed by atoms with E-state index < -0.39 is 12.1 Å². The molecule has 0 saturated heterocycles. The fourth-order valence-corrected chi connectivity index (χ4v) is 5.16. The first-order valence-electron chi connectivity index (χ1n) is 8.87. The molecule has 1 aliphatic carbocycles. The standard InChI is InChI=1S/C20H21Cl2NO3S/c21-13-8-12(10-23-11-13)4-6-16-15(17(22)9-18(16)24)3-1-2-14-5-7-19(27-14)20(25)26/h4-8,10-11,15-18,24H,1-3,9H2,(H,25,26)/b6-4+/t15-,16-,17-,18-/m1/s1. The topological polar surface area (TPSA) is 70.4 Å². The van der Waals surface area contributed by atoms with Gasteiger partial charge in [0.15, 0.2) is 0 Å². The summed E-state index contributed by atoms with van der Waals surface area (Å²) in [6.07, 6.45) is 10.00. The molecule has 4 atom stereocenters. The molecule has 1 fully saturated rings. The Morgan fingerprint density at radius 2 is 2.19 bits per heavy atom. The minimum absolute atomic E-state index is 0.00982. The Hall–Kier alpha value is -1.40. The first-order chi connectivity index (χ1) is 12.9. The van der Waals surface area contributed by atoms with Crippen LogP contribution in [0.25, 0.3) is 6.08 Å². The molecule has 0 radical (unpaired) electrons. The van der Waals surface area contributed by atoms with Gasteiger partial charge < -0.3 is 10.2 Å². The molecule has 2 heterocycles. The summed E-state index contributed by atoms with van der Waals surface area (Å²) in [5.41, 5.74) is 0.895. The number of aromatic carboxylic acids is 1. The minimum Gasteiger partial charge on any atom is -0.477 e. The normalized spacial score (nSPS) is 25.3. The van der Waals surface area contributed by atoms with E-state index >= 15 is 0 Å². The highest BCUT2D eigenvalue weighted by molar-refractivity contribution is 7.13. The summed E-state index contributed by atoms with van der Waals surface area (Å²) in [5.74, 6) is -0.708. The van der Waals surface area contributed by atoms with Crippen molar-refractivity contribution >= 4 is 46.6 Å². The van der Waals surface area contributed by atoms with Crippen molar-refractivity contribution in [2.24, 2.45) is 11.8 Å². The van der Waals surface area contributed by atoms with Gasteiger partial charge in [0.2, 0.25) is 0 Å². The van der Waals surface area contributed by atoms with Gasteiger partial charge in [0.1, 0.15) is 4.88 Å². The SMILES string of the molecule is O=C(O)c1ccc(CCC[C@@H]2[C@@H](/C=C/c3cncc(Cl)c3)[C@H](O)C[C@H]2Cl)s1. The summed E-state index contributed by atoms with van der Waals surface area (Å²) in [4.78, 5) is 16.5. The molecule has 2 aromatic rings. The zero-order valence-electron chi connectivity index (χ0n) is 14.6. The van der Waals surface area contributed by atoms with Crippen molar-refractivity contribution in [1.82, 2.24) is 4.98 Å². The van der Waals surface area contributed by atoms with Gasteiger partial charge in [-0.1, -0.05) is 23.8 Å². The maximum absolute atomic E-state index is 11.0. The fourth-order valence-electron chi connectivity index (χ4n) is 3.61. The van der Waals surface area contributed by atoms with Crippen LogP contribution in [0, 0.1) is 11.8 Å². The number of aromatic nitrogens is 1. The van der Waals surface area contributed by atoms with Gasteiger partial charge in [0.05, 0.1) is 11.1 Å². The number of carboxylic acid groups (broad SMARTS) is 1. The molecule has 0 unspecified atom stereocenters. The number of halogens is 2. The van der Waals surface area contributed by atoms with E-state index in [1.165, 1.54) is 11.3 Å². The summed E-state index contributed by atoms with van der Waals surface area (Å²) in [7, 11) is 0. The summed E-state index contributed by atoms with van der Waals surface area (Å²) in [5, 5.41) is 19.9. The summed E-state index contributed by atoms with van der Waals surface area (Å²) in [6, 6.07) is 5.35. The lowest BCUT2D eigenvalue weighted by Gasteiger charge is -2.20. The van der Waals surface area contributed by atoms with Crippen molar-refractivity contribution in [2.45, 2.75) is 37.2 Å². The maximum Gasteiger partial charge on any atom is 0.345 e. The zero-order valence-corrected chi connectivity index (χ0v) is 16.9. The van der Waals surface area contributed by atoms with E-state index in [1.807, 2.05) is 24.3 Å². The average Bonchev–Trinajstić information content (AvgIpc) is 3.19. The lowest BCUT2D eigenvalue weighted by Crippen LogP contribution is -2.18. The second-order valence-electron chi connectivity index (χ2n) is 6.82. The Labute approximate surface area is 172 Å². The summed E-state index contributed by atoms with van der Waals surface area (Å²) < 4.78 is 0. The van der Waals surface area contributed by atoms with Crippen molar-refractivity contribution in [2.75, 3.05) is 0 Å². The first-order valence-corrected chi connectivity index (χ1v) is 10.5. The van der Waals surface area contributed by atoms with Crippen LogP contribution < -0.4 is 0 Å². The van der Waals surface area contributed by atoms with Gasteiger partial charge >= 0.3 is 5.97 Å². The number of nitrogens with zero attached hydrogens (tertiary/aromatic N) is 1. The number of thiophene rings is 1. The van der Waals surface area contributed by atoms with Gasteiger partial charge in [-0.3, -0.25) is 4.98 Å². The van der Waals surface area contributed by atoms with E-state index in [9.17, 15) is 9.90 Å². The number of aliphatic hydroxyl groups is 1. The molecular weight excluding hydrogens is 405 g/mol. The lowest BCUT2D eigenvalue weighted by atomic mass is 9.89. The second-order valence-corrected chi connectivity index (χ2v) is 8.98. The van der Waals surface area contributed by atoms with Crippen molar-refractivity contribution in [3.05, 3.63) is 57.0 Å². The maximum atomic E-state index is 11.0. The fraction of sp³-hybridized carbons (Fsp3) is 0.400. The number of carbonyl (C=O) groups is 1. The lowest BCUT2D eigenvalue weighted by molar-refractivity contribution is 0.0702. The number of aliphatic hydroxyl groups excluding tert-OH is 1. The molecule has 3 rings (SSSR count). The van der Waals surface area contributed by atoms with E-state index in [2.05, 4.69) is 4.98 Å². The highest BCUT2D eigenvalue weighted by Crippen LogP contribution is 2.40. The van der Waals surface area contributed by atoms with Crippen LogP contribution in [0.3, 0.4) is 0 Å². The largest absolute Gasteiger partial charge is 0.477 e. The highest BCUT2D eigenvalue weighted by Gasteiger charge is 2.39. The smallest absolute Gasteiger partial charge is 0.345 e. The number of pyridine rings is 1. The molecule has 0 aromatic carbocycles. The van der Waals surface area contributed by atoms with Gasteiger partial charge in [-0.2, -0.15) is 0 Å². The minimum atomic E-state index is -0.883. The van der Waals surface area contributed by atoms with E-state index in [-0.39, 0.29) is 17.2 Å². The number of carboxylic acids is 1. The predicted molar refractivity (Wildman–Crippen MR) is 110 cm³/mol. The Balaban J connectivity index is 1.60. The van der Waals surface area contributed by atoms with Crippen LogP contribution in [0.5, 0.6) is 0 Å². The van der Waals surface area contributed by atoms with Gasteiger partial charge in [-0.05, 0) is 55.4 Å². The van der Waals surface area contributed by atoms with Crippen LogP contribution in [-0.4, -0.2) is 32.6 Å². The molecule has 7 heteroatoms. The number of rotatable bonds is 7. The zero-order chi connectivity index (χ0) is 19.4. The number of aryl methyl sites for hydroxylation is 1. The van der Waals surface area contributed by atoms with Crippen molar-refractivity contribution in [1.29, 1.82) is 0 Å². The summed E-state index contributed by atoms with van der Waals surface area (Å²) >= 11 is 13.8. The molecule has 0 aliphatic heterocycles. The van der Waals surface area contributed by atoms with Crippen LogP contribution in [0.15, 0.2) is 36.7 Å². The predicted octanol–water partition coefficient (Wildman–Crippen LogP) is 5.14. The van der Waals surface area contributed by atoms with Crippen LogP contribution >= 0.6 is 34.5 Å². The molecule has 0 spiro atoms. The molecule has 144 valence electrons. The number of alkyl halides is 1. The van der Waals surface area contributed by atoms with Gasteiger partial charge in [0.25, 0.3) is 0 Å². The molecular formula is C20H21Cl2NO3S. The Morgan fingerprint density at radius 1 is 1.37 bits per heavy atom. The number of hydrogen-bond acceptors (Lipinski definition) is 4. The summed E-state index contributed by atoms with van der Waals surface area (Å²) in [6.45, 7) is 0. The molecule has 1 saturated carbocycles. The molecule has 2 N–H and O–H groups in total. The highest BCUT2D eigenvalue weighted by atomic mass is 35.5. The molecule has 4 nitrogen and oxygen atoms in total. The van der Waals surface area contributed by atoms with Gasteiger partial charge in [-0.25, -0.2) is 4.79 Å². The van der Waals surface area contributed by atoms with Gasteiger partial charge in [0, 0.05) is 28.6 Å². The van der Waals surface area contributed by atoms with E-state index in [0.29, 0.717) is 16.3 Å². The third kappa shape index (κ3) is 5.32. The molecule has 0 amide bonds. The average molecular weight is 426 g/mol. The van der Waals surface area contributed by atoms with E-state index in [4.69, 9.17) is 28.3 Å².